The van der Waals surface area contributed by atoms with Gasteiger partial charge in [-0.25, -0.2) is 0 Å². The molecule has 0 unspecified atom stereocenters. The Kier molecular flexibility index (Phi) is 2.78. The van der Waals surface area contributed by atoms with Gasteiger partial charge < -0.3 is 11.1 Å². The number of nitrogens with zero attached hydrogens (tertiary/aromatic N) is 1. The van der Waals surface area contributed by atoms with Crippen LogP contribution >= 0.6 is 11.6 Å². The van der Waals surface area contributed by atoms with Gasteiger partial charge in [-0.3, -0.25) is 9.89 Å². The summed E-state index contributed by atoms with van der Waals surface area (Å²) >= 11 is 5.72. The number of aromatic nitrogens is 2. The number of anilines is 2. The molecule has 0 radical (unpaired) electrons. The molecule has 2 rings (SSSR count). The lowest BCUT2D eigenvalue weighted by Gasteiger charge is -2.03. The van der Waals surface area contributed by atoms with Crippen molar-refractivity contribution in [1.82, 2.24) is 10.2 Å². The third-order valence-electron chi connectivity index (χ3n) is 2.01. The van der Waals surface area contributed by atoms with E-state index in [0.29, 0.717) is 22.1 Å². The highest BCUT2D eigenvalue weighted by Gasteiger charge is 2.08. The first kappa shape index (κ1) is 10.5. The molecule has 16 heavy (non-hydrogen) atoms. The monoisotopic (exact) mass is 236 g/mol. The second-order valence-electron chi connectivity index (χ2n) is 3.16. The highest BCUT2D eigenvalue weighted by molar-refractivity contribution is 6.30. The Labute approximate surface area is 96.6 Å². The van der Waals surface area contributed by atoms with Gasteiger partial charge >= 0.3 is 0 Å². The Hall–Kier alpha value is -2.01. The van der Waals surface area contributed by atoms with Gasteiger partial charge in [-0.15, -0.1) is 0 Å². The maximum atomic E-state index is 11.7. The standard InChI is InChI=1S/C10H9ClN4O/c11-7-3-1-6(2-4-7)10(16)14-9-8(12)5-13-15-9/h1-5H,12H2,(H2,13,14,15,16). The summed E-state index contributed by atoms with van der Waals surface area (Å²) in [5.41, 5.74) is 6.45. The van der Waals surface area contributed by atoms with Crippen molar-refractivity contribution in [3.05, 3.63) is 41.0 Å². The van der Waals surface area contributed by atoms with Gasteiger partial charge in [-0.2, -0.15) is 5.10 Å². The second-order valence-corrected chi connectivity index (χ2v) is 3.60. The molecule has 5 nitrogen and oxygen atoms in total. The molecule has 0 spiro atoms. The Bertz CT molecular complexity index is 506. The number of carbonyl (C=O) groups excluding carboxylic acids is 1. The molecule has 0 fully saturated rings. The van der Waals surface area contributed by atoms with Crippen LogP contribution in [0.2, 0.25) is 5.02 Å². The van der Waals surface area contributed by atoms with Gasteiger partial charge in [0.05, 0.1) is 11.9 Å². The van der Waals surface area contributed by atoms with Crippen LogP contribution in [-0.4, -0.2) is 16.1 Å². The van der Waals surface area contributed by atoms with Crippen LogP contribution in [0.3, 0.4) is 0 Å². The van der Waals surface area contributed by atoms with E-state index in [0.717, 1.165) is 0 Å². The molecule has 0 aliphatic carbocycles. The molecular weight excluding hydrogens is 228 g/mol. The second kappa shape index (κ2) is 4.24. The number of H-pyrrole nitrogens is 1. The summed E-state index contributed by atoms with van der Waals surface area (Å²) in [6.45, 7) is 0. The lowest BCUT2D eigenvalue weighted by molar-refractivity contribution is 0.102. The van der Waals surface area contributed by atoms with Crippen molar-refractivity contribution in [3.63, 3.8) is 0 Å². The molecule has 0 aliphatic rings. The van der Waals surface area contributed by atoms with Crippen molar-refractivity contribution >= 4 is 29.0 Å². The van der Waals surface area contributed by atoms with Gasteiger partial charge in [-0.05, 0) is 24.3 Å². The van der Waals surface area contributed by atoms with Crippen molar-refractivity contribution in [1.29, 1.82) is 0 Å². The van der Waals surface area contributed by atoms with E-state index in [9.17, 15) is 4.79 Å². The van der Waals surface area contributed by atoms with Crippen LogP contribution in [0.15, 0.2) is 30.5 Å². The van der Waals surface area contributed by atoms with Crippen molar-refractivity contribution < 1.29 is 4.79 Å². The van der Waals surface area contributed by atoms with Crippen molar-refractivity contribution in [3.8, 4) is 0 Å². The van der Waals surface area contributed by atoms with Crippen LogP contribution in [0.1, 0.15) is 10.4 Å². The summed E-state index contributed by atoms with van der Waals surface area (Å²) < 4.78 is 0. The minimum atomic E-state index is -0.271. The van der Waals surface area contributed by atoms with E-state index in [2.05, 4.69) is 15.5 Å². The quantitative estimate of drug-likeness (QED) is 0.745. The number of halogens is 1. The summed E-state index contributed by atoms with van der Waals surface area (Å²) in [5, 5.41) is 9.46. The zero-order valence-electron chi connectivity index (χ0n) is 8.20. The van der Waals surface area contributed by atoms with Gasteiger partial charge in [0.25, 0.3) is 5.91 Å². The first-order chi connectivity index (χ1) is 7.66. The topological polar surface area (TPSA) is 83.8 Å². The Balaban J connectivity index is 2.15. The molecular formula is C10H9ClN4O. The number of amides is 1. The van der Waals surface area contributed by atoms with Crippen LogP contribution < -0.4 is 11.1 Å². The van der Waals surface area contributed by atoms with Gasteiger partial charge in [0.2, 0.25) is 0 Å². The number of nitrogen functional groups attached to an aromatic ring is 1. The normalized spacial score (nSPS) is 10.1. The fourth-order valence-electron chi connectivity index (χ4n) is 1.18. The largest absolute Gasteiger partial charge is 0.394 e. The molecule has 82 valence electrons. The smallest absolute Gasteiger partial charge is 0.256 e. The predicted molar refractivity (Wildman–Crippen MR) is 62.4 cm³/mol. The maximum Gasteiger partial charge on any atom is 0.256 e. The van der Waals surface area contributed by atoms with E-state index in [-0.39, 0.29) is 5.91 Å². The Morgan fingerprint density at radius 3 is 2.62 bits per heavy atom. The fraction of sp³-hybridized carbons (Fsp3) is 0. The van der Waals surface area contributed by atoms with Crippen LogP contribution in [0.5, 0.6) is 0 Å². The molecule has 6 heteroatoms. The predicted octanol–water partition coefficient (Wildman–Crippen LogP) is 1.90. The first-order valence-electron chi connectivity index (χ1n) is 4.52. The summed E-state index contributed by atoms with van der Waals surface area (Å²) in [6, 6.07) is 6.55. The van der Waals surface area contributed by atoms with E-state index < -0.39 is 0 Å². The number of hydrogen-bond donors (Lipinski definition) is 3. The van der Waals surface area contributed by atoms with Gasteiger partial charge in [-0.1, -0.05) is 11.6 Å². The molecule has 2 aromatic rings. The lowest BCUT2D eigenvalue weighted by Crippen LogP contribution is -2.13. The highest BCUT2D eigenvalue weighted by Crippen LogP contribution is 2.15. The van der Waals surface area contributed by atoms with E-state index in [1.807, 2.05) is 0 Å². The zero-order valence-corrected chi connectivity index (χ0v) is 8.95. The lowest BCUT2D eigenvalue weighted by atomic mass is 10.2. The summed E-state index contributed by atoms with van der Waals surface area (Å²) in [7, 11) is 0. The van der Waals surface area contributed by atoms with Crippen LogP contribution in [0.25, 0.3) is 0 Å². The molecule has 0 bridgehead atoms. The number of carbonyl (C=O) groups is 1. The number of rotatable bonds is 2. The van der Waals surface area contributed by atoms with Crippen LogP contribution in [0, 0.1) is 0 Å². The Morgan fingerprint density at radius 2 is 2.06 bits per heavy atom. The van der Waals surface area contributed by atoms with Crippen molar-refractivity contribution in [2.24, 2.45) is 0 Å². The molecule has 0 saturated carbocycles. The van der Waals surface area contributed by atoms with Gasteiger partial charge in [0.15, 0.2) is 5.82 Å². The number of benzene rings is 1. The van der Waals surface area contributed by atoms with Gasteiger partial charge in [0.1, 0.15) is 0 Å². The number of aromatic amines is 1. The molecule has 4 N–H and O–H groups in total. The van der Waals surface area contributed by atoms with Gasteiger partial charge in [0, 0.05) is 10.6 Å². The Morgan fingerprint density at radius 1 is 1.38 bits per heavy atom. The number of nitrogens with two attached hydrogens (primary N) is 1. The average Bonchev–Trinajstić information content (AvgIpc) is 2.65. The molecule has 1 aromatic heterocycles. The summed E-state index contributed by atoms with van der Waals surface area (Å²) in [5.74, 6) is 0.118. The number of hydrogen-bond acceptors (Lipinski definition) is 3. The van der Waals surface area contributed by atoms with Crippen molar-refractivity contribution in [2.45, 2.75) is 0 Å². The summed E-state index contributed by atoms with van der Waals surface area (Å²) in [6.07, 6.45) is 1.43. The fourth-order valence-corrected chi connectivity index (χ4v) is 1.31. The molecule has 0 atom stereocenters. The minimum Gasteiger partial charge on any atom is -0.394 e. The van der Waals surface area contributed by atoms with E-state index in [1.165, 1.54) is 6.20 Å². The molecule has 1 heterocycles. The molecule has 0 aliphatic heterocycles. The maximum absolute atomic E-state index is 11.7. The van der Waals surface area contributed by atoms with Crippen LogP contribution in [0.4, 0.5) is 11.5 Å². The van der Waals surface area contributed by atoms with E-state index >= 15 is 0 Å². The summed E-state index contributed by atoms with van der Waals surface area (Å²) in [4.78, 5) is 11.7. The van der Waals surface area contributed by atoms with Crippen molar-refractivity contribution in [2.75, 3.05) is 11.1 Å². The molecule has 1 amide bonds. The molecule has 0 saturated heterocycles. The highest BCUT2D eigenvalue weighted by atomic mass is 35.5. The molecule has 1 aromatic carbocycles. The average molecular weight is 237 g/mol. The first-order valence-corrected chi connectivity index (χ1v) is 4.90. The minimum absolute atomic E-state index is 0.271. The SMILES string of the molecule is Nc1cn[nH]c1NC(=O)c1ccc(Cl)cc1. The van der Waals surface area contributed by atoms with E-state index in [4.69, 9.17) is 17.3 Å². The third kappa shape index (κ3) is 2.14. The van der Waals surface area contributed by atoms with E-state index in [1.54, 1.807) is 24.3 Å². The zero-order chi connectivity index (χ0) is 11.5. The third-order valence-corrected chi connectivity index (χ3v) is 2.27. The number of nitrogens with one attached hydrogen (secondary N) is 2. The van der Waals surface area contributed by atoms with Crippen LogP contribution in [-0.2, 0) is 0 Å².